The molecule has 4 nitrogen and oxygen atoms in total. The molecule has 0 aliphatic rings. The standard InChI is InChI=1S/C14H16BNO3/c1-11-10-13(2-3-14(11)15(17)18)19-9-6-12-4-7-16-8-5-12/h2-5,7-8,10,17-18H,6,9H2,1H3. The quantitative estimate of drug-likeness (QED) is 0.773. The van der Waals surface area contributed by atoms with Crippen molar-refractivity contribution in [3.05, 3.63) is 53.9 Å². The number of aromatic nitrogens is 1. The molecular weight excluding hydrogens is 241 g/mol. The number of nitrogens with zero attached hydrogens (tertiary/aromatic N) is 1. The van der Waals surface area contributed by atoms with E-state index >= 15 is 0 Å². The summed E-state index contributed by atoms with van der Waals surface area (Å²) in [7, 11) is -1.44. The molecule has 2 aromatic rings. The van der Waals surface area contributed by atoms with E-state index in [-0.39, 0.29) is 0 Å². The van der Waals surface area contributed by atoms with E-state index in [0.717, 1.165) is 17.7 Å². The van der Waals surface area contributed by atoms with Crippen molar-refractivity contribution < 1.29 is 14.8 Å². The van der Waals surface area contributed by atoms with Crippen LogP contribution in [0.4, 0.5) is 0 Å². The Balaban J connectivity index is 1.92. The summed E-state index contributed by atoms with van der Waals surface area (Å²) in [5.41, 5.74) is 2.48. The molecule has 0 spiro atoms. The summed E-state index contributed by atoms with van der Waals surface area (Å²) in [6, 6.07) is 9.14. The summed E-state index contributed by atoms with van der Waals surface area (Å²) in [5.74, 6) is 0.732. The second-order valence-electron chi connectivity index (χ2n) is 4.35. The predicted molar refractivity (Wildman–Crippen MR) is 74.4 cm³/mol. The third-order valence-electron chi connectivity index (χ3n) is 2.93. The van der Waals surface area contributed by atoms with E-state index in [1.54, 1.807) is 30.6 Å². The maximum atomic E-state index is 9.13. The molecule has 5 heteroatoms. The van der Waals surface area contributed by atoms with Gasteiger partial charge in [-0.2, -0.15) is 0 Å². The van der Waals surface area contributed by atoms with E-state index in [4.69, 9.17) is 14.8 Å². The summed E-state index contributed by atoms with van der Waals surface area (Å²) >= 11 is 0. The molecule has 0 saturated carbocycles. The smallest absolute Gasteiger partial charge is 0.488 e. The van der Waals surface area contributed by atoms with Crippen LogP contribution in [0.1, 0.15) is 11.1 Å². The summed E-state index contributed by atoms with van der Waals surface area (Å²) in [5, 5.41) is 18.3. The van der Waals surface area contributed by atoms with Crippen LogP contribution < -0.4 is 10.2 Å². The first kappa shape index (κ1) is 13.6. The van der Waals surface area contributed by atoms with Gasteiger partial charge in [0.15, 0.2) is 0 Å². The molecule has 98 valence electrons. The Kier molecular flexibility index (Phi) is 4.55. The zero-order chi connectivity index (χ0) is 13.7. The number of hydrogen-bond acceptors (Lipinski definition) is 4. The van der Waals surface area contributed by atoms with Gasteiger partial charge in [0.1, 0.15) is 5.75 Å². The molecule has 0 aliphatic heterocycles. The molecule has 0 saturated heterocycles. The maximum absolute atomic E-state index is 9.13. The molecule has 2 N–H and O–H groups in total. The number of benzene rings is 1. The lowest BCUT2D eigenvalue weighted by Gasteiger charge is -2.09. The Labute approximate surface area is 112 Å². The first-order valence-electron chi connectivity index (χ1n) is 6.15. The van der Waals surface area contributed by atoms with Gasteiger partial charge in [0.05, 0.1) is 6.61 Å². The van der Waals surface area contributed by atoms with Crippen LogP contribution in [0.2, 0.25) is 0 Å². The van der Waals surface area contributed by atoms with E-state index in [1.165, 1.54) is 5.56 Å². The normalized spacial score (nSPS) is 10.3. The summed E-state index contributed by atoms with van der Waals surface area (Å²) in [6.45, 7) is 2.40. The van der Waals surface area contributed by atoms with E-state index in [9.17, 15) is 0 Å². The van der Waals surface area contributed by atoms with Gasteiger partial charge in [0.25, 0.3) is 0 Å². The Hall–Kier alpha value is -1.85. The van der Waals surface area contributed by atoms with Gasteiger partial charge < -0.3 is 14.8 Å². The fourth-order valence-electron chi connectivity index (χ4n) is 1.86. The highest BCUT2D eigenvalue weighted by molar-refractivity contribution is 6.59. The summed E-state index contributed by atoms with van der Waals surface area (Å²) < 4.78 is 5.64. The Morgan fingerprint density at radius 2 is 1.89 bits per heavy atom. The van der Waals surface area contributed by atoms with E-state index < -0.39 is 7.12 Å². The third-order valence-corrected chi connectivity index (χ3v) is 2.93. The van der Waals surface area contributed by atoms with Crippen LogP contribution in [0, 0.1) is 6.92 Å². The minimum atomic E-state index is -1.44. The van der Waals surface area contributed by atoms with Crippen molar-refractivity contribution in [1.29, 1.82) is 0 Å². The van der Waals surface area contributed by atoms with Gasteiger partial charge >= 0.3 is 7.12 Å². The SMILES string of the molecule is Cc1cc(OCCc2ccncc2)ccc1B(O)O. The highest BCUT2D eigenvalue weighted by atomic mass is 16.5. The zero-order valence-electron chi connectivity index (χ0n) is 10.8. The van der Waals surface area contributed by atoms with E-state index in [1.807, 2.05) is 19.1 Å². The molecule has 0 unspecified atom stereocenters. The van der Waals surface area contributed by atoms with Crippen LogP contribution in [0.3, 0.4) is 0 Å². The third kappa shape index (κ3) is 3.81. The van der Waals surface area contributed by atoms with Gasteiger partial charge in [-0.15, -0.1) is 0 Å². The van der Waals surface area contributed by atoms with Crippen molar-refractivity contribution in [2.45, 2.75) is 13.3 Å². The Bertz CT molecular complexity index is 531. The molecule has 2 rings (SSSR count). The van der Waals surface area contributed by atoms with Crippen LogP contribution in [-0.4, -0.2) is 28.8 Å². The summed E-state index contributed by atoms with van der Waals surface area (Å²) in [6.07, 6.45) is 4.33. The average Bonchev–Trinajstić information content (AvgIpc) is 2.39. The van der Waals surface area contributed by atoms with Crippen molar-refractivity contribution in [2.75, 3.05) is 6.61 Å². The van der Waals surface area contributed by atoms with Crippen molar-refractivity contribution in [3.63, 3.8) is 0 Å². The lowest BCUT2D eigenvalue weighted by atomic mass is 9.77. The van der Waals surface area contributed by atoms with Crippen LogP contribution in [0.15, 0.2) is 42.7 Å². The van der Waals surface area contributed by atoms with Crippen LogP contribution >= 0.6 is 0 Å². The Morgan fingerprint density at radius 1 is 1.16 bits per heavy atom. The highest BCUT2D eigenvalue weighted by Crippen LogP contribution is 2.12. The molecule has 1 aromatic heterocycles. The topological polar surface area (TPSA) is 62.6 Å². The van der Waals surface area contributed by atoms with Crippen molar-refractivity contribution in [2.24, 2.45) is 0 Å². The van der Waals surface area contributed by atoms with Gasteiger partial charge in [0.2, 0.25) is 0 Å². The van der Waals surface area contributed by atoms with E-state index in [2.05, 4.69) is 4.98 Å². The minimum Gasteiger partial charge on any atom is -0.493 e. The van der Waals surface area contributed by atoms with Gasteiger partial charge in [-0.3, -0.25) is 4.98 Å². The number of aryl methyl sites for hydroxylation is 1. The zero-order valence-corrected chi connectivity index (χ0v) is 10.8. The number of ether oxygens (including phenoxy) is 1. The monoisotopic (exact) mass is 257 g/mol. The van der Waals surface area contributed by atoms with E-state index in [0.29, 0.717) is 12.1 Å². The predicted octanol–water partition coefficient (Wildman–Crippen LogP) is 0.691. The summed E-state index contributed by atoms with van der Waals surface area (Å²) in [4.78, 5) is 3.96. The fraction of sp³-hybridized carbons (Fsp3) is 0.214. The highest BCUT2D eigenvalue weighted by Gasteiger charge is 2.13. The molecule has 1 heterocycles. The molecule has 1 aromatic carbocycles. The lowest BCUT2D eigenvalue weighted by Crippen LogP contribution is -2.31. The first-order valence-corrected chi connectivity index (χ1v) is 6.15. The molecule has 0 amide bonds. The van der Waals surface area contributed by atoms with Gasteiger partial charge in [-0.25, -0.2) is 0 Å². The molecule has 0 atom stereocenters. The second kappa shape index (κ2) is 6.36. The second-order valence-corrected chi connectivity index (χ2v) is 4.35. The fourth-order valence-corrected chi connectivity index (χ4v) is 1.86. The van der Waals surface area contributed by atoms with Gasteiger partial charge in [-0.1, -0.05) is 6.07 Å². The maximum Gasteiger partial charge on any atom is 0.488 e. The Morgan fingerprint density at radius 3 is 2.53 bits per heavy atom. The van der Waals surface area contributed by atoms with Crippen LogP contribution in [0.5, 0.6) is 5.75 Å². The number of pyridine rings is 1. The lowest BCUT2D eigenvalue weighted by molar-refractivity contribution is 0.322. The first-order chi connectivity index (χ1) is 9.16. The molecular formula is C14H16BNO3. The molecule has 0 fully saturated rings. The molecule has 0 bridgehead atoms. The molecule has 0 radical (unpaired) electrons. The van der Waals surface area contributed by atoms with Crippen molar-refractivity contribution in [1.82, 2.24) is 4.98 Å². The largest absolute Gasteiger partial charge is 0.493 e. The average molecular weight is 257 g/mol. The minimum absolute atomic E-state index is 0.501. The van der Waals surface area contributed by atoms with Gasteiger partial charge in [0, 0.05) is 18.8 Å². The number of rotatable bonds is 5. The number of hydrogen-bond donors (Lipinski definition) is 2. The van der Waals surface area contributed by atoms with Gasteiger partial charge in [-0.05, 0) is 47.8 Å². The van der Waals surface area contributed by atoms with Crippen LogP contribution in [0.25, 0.3) is 0 Å². The molecule has 0 aliphatic carbocycles. The van der Waals surface area contributed by atoms with Crippen molar-refractivity contribution >= 4 is 12.6 Å². The van der Waals surface area contributed by atoms with Crippen LogP contribution in [-0.2, 0) is 6.42 Å². The molecule has 19 heavy (non-hydrogen) atoms. The van der Waals surface area contributed by atoms with Crippen molar-refractivity contribution in [3.8, 4) is 5.75 Å².